The molecule has 0 bridgehead atoms. The number of carbonyl (C=O) groups excluding carboxylic acids is 1. The van der Waals surface area contributed by atoms with Gasteiger partial charge in [-0.2, -0.15) is 0 Å². The zero-order chi connectivity index (χ0) is 16.3. The lowest BCUT2D eigenvalue weighted by Crippen LogP contribution is -2.12. The lowest BCUT2D eigenvalue weighted by Gasteiger charge is -2.11. The van der Waals surface area contributed by atoms with Gasteiger partial charge in [-0.1, -0.05) is 35.3 Å². The maximum absolute atomic E-state index is 12.3. The molecular weight excluding hydrogens is 325 g/mol. The van der Waals surface area contributed by atoms with Gasteiger partial charge in [0, 0.05) is 11.3 Å². The second-order valence-corrected chi connectivity index (χ2v) is 5.54. The molecule has 0 aliphatic heterocycles. The van der Waals surface area contributed by atoms with Gasteiger partial charge >= 0.3 is 0 Å². The SMILES string of the molecule is COc1c(Cl)cc(C(=O)Nc2cccc([C@@H](C)O)c2)cc1Cl. The highest BCUT2D eigenvalue weighted by molar-refractivity contribution is 6.37. The lowest BCUT2D eigenvalue weighted by atomic mass is 10.1. The Bertz CT molecular complexity index is 679. The number of halogens is 2. The van der Waals surface area contributed by atoms with Crippen LogP contribution in [0.1, 0.15) is 28.9 Å². The molecular formula is C16H15Cl2NO3. The molecule has 6 heteroatoms. The molecule has 2 N–H and O–H groups in total. The zero-order valence-corrected chi connectivity index (χ0v) is 13.6. The number of amides is 1. The van der Waals surface area contributed by atoms with Crippen molar-refractivity contribution in [3.8, 4) is 5.75 Å². The molecule has 0 aliphatic rings. The van der Waals surface area contributed by atoms with Crippen molar-refractivity contribution in [2.24, 2.45) is 0 Å². The van der Waals surface area contributed by atoms with E-state index >= 15 is 0 Å². The van der Waals surface area contributed by atoms with Crippen LogP contribution < -0.4 is 10.1 Å². The highest BCUT2D eigenvalue weighted by Gasteiger charge is 2.14. The van der Waals surface area contributed by atoms with Crippen LogP contribution in [-0.4, -0.2) is 18.1 Å². The number of hydrogen-bond donors (Lipinski definition) is 2. The summed E-state index contributed by atoms with van der Waals surface area (Å²) in [7, 11) is 1.45. The summed E-state index contributed by atoms with van der Waals surface area (Å²) in [4.78, 5) is 12.3. The van der Waals surface area contributed by atoms with Crippen molar-refractivity contribution in [1.29, 1.82) is 0 Å². The van der Waals surface area contributed by atoms with Crippen molar-refractivity contribution >= 4 is 34.8 Å². The average Bonchev–Trinajstić information content (AvgIpc) is 2.47. The molecule has 0 saturated carbocycles. The Hall–Kier alpha value is -1.75. The standard InChI is InChI=1S/C16H15Cl2NO3/c1-9(20)10-4-3-5-12(6-10)19-16(21)11-7-13(17)15(22-2)14(18)8-11/h3-9,20H,1-2H3,(H,19,21)/t9-/m1/s1. The van der Waals surface area contributed by atoms with Crippen LogP contribution in [0.3, 0.4) is 0 Å². The maximum atomic E-state index is 12.3. The molecule has 2 aromatic rings. The first kappa shape index (κ1) is 16.6. The van der Waals surface area contributed by atoms with Gasteiger partial charge in [0.15, 0.2) is 5.75 Å². The number of benzene rings is 2. The number of anilines is 1. The quantitative estimate of drug-likeness (QED) is 0.872. The van der Waals surface area contributed by atoms with Crippen molar-refractivity contribution in [2.75, 3.05) is 12.4 Å². The van der Waals surface area contributed by atoms with Gasteiger partial charge in [-0.05, 0) is 36.8 Å². The summed E-state index contributed by atoms with van der Waals surface area (Å²) < 4.78 is 5.05. The predicted molar refractivity (Wildman–Crippen MR) is 88.0 cm³/mol. The van der Waals surface area contributed by atoms with E-state index < -0.39 is 6.10 Å². The van der Waals surface area contributed by atoms with Crippen LogP contribution >= 0.6 is 23.2 Å². The summed E-state index contributed by atoms with van der Waals surface area (Å²) in [5.41, 5.74) is 1.60. The molecule has 1 atom stereocenters. The number of hydrogen-bond acceptors (Lipinski definition) is 3. The number of aliphatic hydroxyl groups is 1. The van der Waals surface area contributed by atoms with Crippen LogP contribution in [0.4, 0.5) is 5.69 Å². The Morgan fingerprint density at radius 1 is 1.23 bits per heavy atom. The summed E-state index contributed by atoms with van der Waals surface area (Å²) in [5, 5.41) is 12.8. The van der Waals surface area contributed by atoms with E-state index in [0.717, 1.165) is 0 Å². The van der Waals surface area contributed by atoms with Crippen molar-refractivity contribution in [1.82, 2.24) is 0 Å². The van der Waals surface area contributed by atoms with E-state index in [1.165, 1.54) is 19.2 Å². The molecule has 0 radical (unpaired) electrons. The van der Waals surface area contributed by atoms with Crippen LogP contribution in [0.2, 0.25) is 10.0 Å². The summed E-state index contributed by atoms with van der Waals surface area (Å²) >= 11 is 12.1. The van der Waals surface area contributed by atoms with E-state index in [1.54, 1.807) is 31.2 Å². The molecule has 0 heterocycles. The molecule has 4 nitrogen and oxygen atoms in total. The van der Waals surface area contributed by atoms with E-state index in [0.29, 0.717) is 22.6 Å². The molecule has 116 valence electrons. The van der Waals surface area contributed by atoms with Gasteiger partial charge in [-0.3, -0.25) is 4.79 Å². The first-order valence-electron chi connectivity index (χ1n) is 6.54. The fourth-order valence-corrected chi connectivity index (χ4v) is 2.61. The largest absolute Gasteiger partial charge is 0.494 e. The van der Waals surface area contributed by atoms with Crippen LogP contribution in [0, 0.1) is 0 Å². The van der Waals surface area contributed by atoms with Crippen LogP contribution in [0.5, 0.6) is 5.75 Å². The van der Waals surface area contributed by atoms with Crippen LogP contribution in [0.25, 0.3) is 0 Å². The van der Waals surface area contributed by atoms with Crippen molar-refractivity contribution in [3.63, 3.8) is 0 Å². The third-order valence-corrected chi connectivity index (χ3v) is 3.65. The van der Waals surface area contributed by atoms with E-state index in [4.69, 9.17) is 27.9 Å². The first-order valence-corrected chi connectivity index (χ1v) is 7.30. The maximum Gasteiger partial charge on any atom is 0.255 e. The molecule has 1 amide bonds. The smallest absolute Gasteiger partial charge is 0.255 e. The predicted octanol–water partition coefficient (Wildman–Crippen LogP) is 4.31. The topological polar surface area (TPSA) is 58.6 Å². The first-order chi connectivity index (χ1) is 10.4. The van der Waals surface area contributed by atoms with Gasteiger partial charge in [-0.25, -0.2) is 0 Å². The van der Waals surface area contributed by atoms with Crippen molar-refractivity contribution < 1.29 is 14.6 Å². The van der Waals surface area contributed by atoms with E-state index in [1.807, 2.05) is 0 Å². The van der Waals surface area contributed by atoms with Crippen LogP contribution in [-0.2, 0) is 0 Å². The van der Waals surface area contributed by atoms with Crippen molar-refractivity contribution in [3.05, 3.63) is 57.6 Å². The second kappa shape index (κ2) is 7.01. The molecule has 0 fully saturated rings. The summed E-state index contributed by atoms with van der Waals surface area (Å²) in [5.74, 6) is -0.0230. The number of rotatable bonds is 4. The number of carbonyl (C=O) groups is 1. The minimum absolute atomic E-state index is 0.262. The second-order valence-electron chi connectivity index (χ2n) is 4.73. The Labute approximate surface area is 138 Å². The zero-order valence-electron chi connectivity index (χ0n) is 12.1. The highest BCUT2D eigenvalue weighted by atomic mass is 35.5. The fraction of sp³-hybridized carbons (Fsp3) is 0.188. The number of nitrogens with one attached hydrogen (secondary N) is 1. The molecule has 0 saturated heterocycles. The highest BCUT2D eigenvalue weighted by Crippen LogP contribution is 2.34. The third-order valence-electron chi connectivity index (χ3n) is 3.09. The van der Waals surface area contributed by atoms with Gasteiger partial charge in [0.25, 0.3) is 5.91 Å². The number of aliphatic hydroxyl groups excluding tert-OH is 1. The molecule has 0 spiro atoms. The molecule has 2 aromatic carbocycles. The average molecular weight is 340 g/mol. The molecule has 2 rings (SSSR count). The fourth-order valence-electron chi connectivity index (χ4n) is 1.97. The van der Waals surface area contributed by atoms with Crippen molar-refractivity contribution in [2.45, 2.75) is 13.0 Å². The van der Waals surface area contributed by atoms with Crippen LogP contribution in [0.15, 0.2) is 36.4 Å². The van der Waals surface area contributed by atoms with Gasteiger partial charge in [0.05, 0.1) is 23.3 Å². The van der Waals surface area contributed by atoms with E-state index in [-0.39, 0.29) is 16.0 Å². The van der Waals surface area contributed by atoms with Gasteiger partial charge in [0.2, 0.25) is 0 Å². The summed E-state index contributed by atoms with van der Waals surface area (Å²) in [6.07, 6.45) is -0.610. The van der Waals surface area contributed by atoms with E-state index in [2.05, 4.69) is 5.32 Å². The minimum atomic E-state index is -0.610. The van der Waals surface area contributed by atoms with Gasteiger partial charge in [0.1, 0.15) is 0 Å². The molecule has 0 aliphatic carbocycles. The monoisotopic (exact) mass is 339 g/mol. The molecule has 0 unspecified atom stereocenters. The third kappa shape index (κ3) is 3.71. The summed E-state index contributed by atoms with van der Waals surface area (Å²) in [6.45, 7) is 1.66. The van der Waals surface area contributed by atoms with E-state index in [9.17, 15) is 9.90 Å². The normalized spacial score (nSPS) is 11.9. The Kier molecular flexibility index (Phi) is 5.29. The Balaban J connectivity index is 2.24. The Morgan fingerprint density at radius 2 is 1.86 bits per heavy atom. The summed E-state index contributed by atoms with van der Waals surface area (Å²) in [6, 6.07) is 9.94. The number of methoxy groups -OCH3 is 1. The van der Waals surface area contributed by atoms with Gasteiger partial charge in [-0.15, -0.1) is 0 Å². The number of ether oxygens (including phenoxy) is 1. The molecule has 22 heavy (non-hydrogen) atoms. The minimum Gasteiger partial charge on any atom is -0.494 e. The van der Waals surface area contributed by atoms with Gasteiger partial charge < -0.3 is 15.2 Å². The Morgan fingerprint density at radius 3 is 2.41 bits per heavy atom. The lowest BCUT2D eigenvalue weighted by molar-refractivity contribution is 0.102. The molecule has 0 aromatic heterocycles.